The van der Waals surface area contributed by atoms with Crippen molar-refractivity contribution in [1.82, 2.24) is 25.3 Å². The first-order valence-corrected chi connectivity index (χ1v) is 6.23. The topological polar surface area (TPSA) is 125 Å². The number of anilines is 1. The molecular formula is C11H11N7O3. The van der Waals surface area contributed by atoms with E-state index in [1.807, 2.05) is 0 Å². The van der Waals surface area contributed by atoms with Crippen LogP contribution < -0.4 is 5.32 Å². The summed E-state index contributed by atoms with van der Waals surface area (Å²) < 4.78 is 6.32. The van der Waals surface area contributed by atoms with Crippen LogP contribution >= 0.6 is 0 Å². The molecule has 1 aromatic carbocycles. The summed E-state index contributed by atoms with van der Waals surface area (Å²) in [6, 6.07) is 2.98. The van der Waals surface area contributed by atoms with Gasteiger partial charge in [-0.1, -0.05) is 5.21 Å². The SMILES string of the molecule is O=[N+]([O-])c1ccc(NCCCn2ccnn2)c2nonc12. The Bertz CT molecular complexity index is 752. The van der Waals surface area contributed by atoms with Gasteiger partial charge in [0.25, 0.3) is 0 Å². The molecule has 108 valence electrons. The number of benzene rings is 1. The molecule has 1 N–H and O–H groups in total. The van der Waals surface area contributed by atoms with Gasteiger partial charge in [-0.05, 0) is 22.8 Å². The summed E-state index contributed by atoms with van der Waals surface area (Å²) in [7, 11) is 0. The van der Waals surface area contributed by atoms with Crippen molar-refractivity contribution in [2.75, 3.05) is 11.9 Å². The molecule has 0 amide bonds. The van der Waals surface area contributed by atoms with Gasteiger partial charge in [-0.15, -0.1) is 5.10 Å². The first-order chi connectivity index (χ1) is 10.3. The first-order valence-electron chi connectivity index (χ1n) is 6.23. The summed E-state index contributed by atoms with van der Waals surface area (Å²) in [4.78, 5) is 10.4. The van der Waals surface area contributed by atoms with Crippen LogP contribution in [0.1, 0.15) is 6.42 Å². The largest absolute Gasteiger partial charge is 0.383 e. The minimum absolute atomic E-state index is 0.126. The number of nitrogens with one attached hydrogen (secondary N) is 1. The van der Waals surface area contributed by atoms with E-state index in [2.05, 4.69) is 30.6 Å². The van der Waals surface area contributed by atoms with E-state index in [-0.39, 0.29) is 11.2 Å². The maximum Gasteiger partial charge on any atom is 0.300 e. The van der Waals surface area contributed by atoms with Crippen molar-refractivity contribution >= 4 is 22.4 Å². The number of fused-ring (bicyclic) bond motifs is 1. The molecule has 10 heteroatoms. The molecule has 0 aliphatic heterocycles. The van der Waals surface area contributed by atoms with Crippen LogP contribution in [0.2, 0.25) is 0 Å². The van der Waals surface area contributed by atoms with Crippen molar-refractivity contribution in [2.24, 2.45) is 0 Å². The minimum Gasteiger partial charge on any atom is -0.383 e. The second kappa shape index (κ2) is 5.53. The molecule has 0 spiro atoms. The van der Waals surface area contributed by atoms with Crippen molar-refractivity contribution in [3.63, 3.8) is 0 Å². The smallest absolute Gasteiger partial charge is 0.300 e. The van der Waals surface area contributed by atoms with Gasteiger partial charge in [0.15, 0.2) is 5.52 Å². The van der Waals surface area contributed by atoms with Crippen molar-refractivity contribution in [1.29, 1.82) is 0 Å². The van der Waals surface area contributed by atoms with Gasteiger partial charge in [0.1, 0.15) is 0 Å². The highest BCUT2D eigenvalue weighted by Crippen LogP contribution is 2.28. The van der Waals surface area contributed by atoms with Crippen molar-refractivity contribution in [2.45, 2.75) is 13.0 Å². The zero-order valence-electron chi connectivity index (χ0n) is 10.8. The van der Waals surface area contributed by atoms with Gasteiger partial charge < -0.3 is 5.32 Å². The Balaban J connectivity index is 1.68. The monoisotopic (exact) mass is 289 g/mol. The van der Waals surface area contributed by atoms with Gasteiger partial charge >= 0.3 is 5.69 Å². The molecule has 0 aliphatic carbocycles. The summed E-state index contributed by atoms with van der Waals surface area (Å²) in [6.07, 6.45) is 4.22. The summed E-state index contributed by atoms with van der Waals surface area (Å²) in [5, 5.41) is 28.9. The van der Waals surface area contributed by atoms with Gasteiger partial charge in [-0.25, -0.2) is 4.63 Å². The third-order valence-corrected chi connectivity index (χ3v) is 2.94. The van der Waals surface area contributed by atoms with Crippen molar-refractivity contribution in [3.05, 3.63) is 34.6 Å². The number of rotatable bonds is 6. The van der Waals surface area contributed by atoms with Crippen LogP contribution in [0.15, 0.2) is 29.2 Å². The predicted octanol–water partition coefficient (Wildman–Crippen LogP) is 1.22. The molecule has 0 atom stereocenters. The van der Waals surface area contributed by atoms with E-state index in [9.17, 15) is 10.1 Å². The maximum atomic E-state index is 10.9. The minimum atomic E-state index is -0.513. The lowest BCUT2D eigenvalue weighted by Gasteiger charge is -2.06. The maximum absolute atomic E-state index is 10.9. The standard InChI is InChI=1S/C11H11N7O3/c19-18(20)9-3-2-8(10-11(9)15-21-14-10)12-4-1-6-17-7-5-13-16-17/h2-3,5,7,12H,1,4,6H2. The van der Waals surface area contributed by atoms with Crippen LogP contribution in [-0.2, 0) is 6.54 Å². The molecule has 0 saturated carbocycles. The van der Waals surface area contributed by atoms with E-state index in [1.165, 1.54) is 6.07 Å². The Morgan fingerprint density at radius 2 is 2.19 bits per heavy atom. The van der Waals surface area contributed by atoms with Gasteiger partial charge in [0, 0.05) is 25.4 Å². The number of non-ortho nitro benzene ring substituents is 1. The second-order valence-electron chi connectivity index (χ2n) is 4.30. The molecule has 0 saturated heterocycles. The average Bonchev–Trinajstić information content (AvgIpc) is 3.14. The fourth-order valence-corrected chi connectivity index (χ4v) is 1.96. The van der Waals surface area contributed by atoms with E-state index in [4.69, 9.17) is 0 Å². The number of hydrogen-bond donors (Lipinski definition) is 1. The van der Waals surface area contributed by atoms with E-state index in [0.29, 0.717) is 17.7 Å². The Kier molecular flexibility index (Phi) is 3.41. The number of nitro benzene ring substituents is 1. The molecule has 10 nitrogen and oxygen atoms in total. The highest BCUT2D eigenvalue weighted by molar-refractivity contribution is 5.93. The fraction of sp³-hybridized carbons (Fsp3) is 0.273. The normalized spacial score (nSPS) is 10.9. The molecular weight excluding hydrogens is 278 g/mol. The van der Waals surface area contributed by atoms with E-state index in [0.717, 1.165) is 13.0 Å². The van der Waals surface area contributed by atoms with Crippen LogP contribution in [0.25, 0.3) is 11.0 Å². The number of aryl methyl sites for hydroxylation is 1. The Morgan fingerprint density at radius 1 is 1.33 bits per heavy atom. The molecule has 2 heterocycles. The fourth-order valence-electron chi connectivity index (χ4n) is 1.96. The molecule has 0 fully saturated rings. The Hall–Kier alpha value is -3.04. The molecule has 2 aromatic heterocycles. The summed E-state index contributed by atoms with van der Waals surface area (Å²) in [6.45, 7) is 1.37. The lowest BCUT2D eigenvalue weighted by atomic mass is 10.2. The van der Waals surface area contributed by atoms with Crippen LogP contribution in [0.3, 0.4) is 0 Å². The zero-order valence-corrected chi connectivity index (χ0v) is 10.8. The van der Waals surface area contributed by atoms with Crippen molar-refractivity contribution in [3.8, 4) is 0 Å². The van der Waals surface area contributed by atoms with E-state index < -0.39 is 4.92 Å². The van der Waals surface area contributed by atoms with Gasteiger partial charge in [-0.2, -0.15) is 0 Å². The summed E-state index contributed by atoms with van der Waals surface area (Å²) in [5.41, 5.74) is 1.01. The first kappa shape index (κ1) is 13.0. The van der Waals surface area contributed by atoms with Crippen molar-refractivity contribution < 1.29 is 9.55 Å². The van der Waals surface area contributed by atoms with Crippen LogP contribution in [0, 0.1) is 10.1 Å². The average molecular weight is 289 g/mol. The van der Waals surface area contributed by atoms with Crippen LogP contribution in [0.4, 0.5) is 11.4 Å². The molecule has 0 aliphatic rings. The Labute approximate surface area is 117 Å². The van der Waals surface area contributed by atoms with Gasteiger partial charge in [0.2, 0.25) is 5.52 Å². The highest BCUT2D eigenvalue weighted by Gasteiger charge is 2.19. The van der Waals surface area contributed by atoms with Crippen LogP contribution in [0.5, 0.6) is 0 Å². The Morgan fingerprint density at radius 3 is 2.95 bits per heavy atom. The molecule has 3 rings (SSSR count). The molecule has 21 heavy (non-hydrogen) atoms. The third-order valence-electron chi connectivity index (χ3n) is 2.94. The highest BCUT2D eigenvalue weighted by atomic mass is 16.6. The number of aromatic nitrogens is 5. The summed E-state index contributed by atoms with van der Waals surface area (Å²) in [5.74, 6) is 0. The zero-order chi connectivity index (χ0) is 14.7. The number of nitrogens with zero attached hydrogens (tertiary/aromatic N) is 6. The predicted molar refractivity (Wildman–Crippen MR) is 71.6 cm³/mol. The molecule has 3 aromatic rings. The molecule has 0 radical (unpaired) electrons. The lowest BCUT2D eigenvalue weighted by Crippen LogP contribution is -2.07. The van der Waals surface area contributed by atoms with E-state index >= 15 is 0 Å². The van der Waals surface area contributed by atoms with Crippen LogP contribution in [-0.4, -0.2) is 36.8 Å². The van der Waals surface area contributed by atoms with Gasteiger partial charge in [0.05, 0.1) is 16.8 Å². The quantitative estimate of drug-likeness (QED) is 0.408. The lowest BCUT2D eigenvalue weighted by molar-refractivity contribution is -0.383. The molecule has 0 unspecified atom stereocenters. The van der Waals surface area contributed by atoms with Gasteiger partial charge in [-0.3, -0.25) is 14.8 Å². The van der Waals surface area contributed by atoms with E-state index in [1.54, 1.807) is 23.1 Å². The summed E-state index contributed by atoms with van der Waals surface area (Å²) >= 11 is 0. The number of hydrogen-bond acceptors (Lipinski definition) is 8. The molecule has 0 bridgehead atoms. The third kappa shape index (κ3) is 2.63. The number of nitro groups is 1. The second-order valence-corrected chi connectivity index (χ2v) is 4.30.